The summed E-state index contributed by atoms with van der Waals surface area (Å²) in [7, 11) is 0. The Kier molecular flexibility index (Phi) is 22.5. The van der Waals surface area contributed by atoms with Crippen molar-refractivity contribution in [1.29, 1.82) is 0 Å². The summed E-state index contributed by atoms with van der Waals surface area (Å²) in [6.45, 7) is 19.9. The maximum absolute atomic E-state index is 13.8. The van der Waals surface area contributed by atoms with Gasteiger partial charge in [0.05, 0.1) is 54.1 Å². The molecule has 6 aromatic carbocycles. The van der Waals surface area contributed by atoms with Gasteiger partial charge in [0.1, 0.15) is 0 Å². The molecule has 20 heteroatoms. The number of nitrogens with zero attached hydrogens (tertiary/aromatic N) is 7. The van der Waals surface area contributed by atoms with Crippen LogP contribution in [0.15, 0.2) is 128 Å². The minimum atomic E-state index is -4.49. The third-order valence-corrected chi connectivity index (χ3v) is 16.5. The predicted octanol–water partition coefficient (Wildman–Crippen LogP) is 18.4. The number of benzene rings is 6. The summed E-state index contributed by atoms with van der Waals surface area (Å²) >= 11 is 13.8. The molecule has 1 aliphatic rings. The summed E-state index contributed by atoms with van der Waals surface area (Å²) < 4.78 is 88.1. The van der Waals surface area contributed by atoms with Crippen LogP contribution < -0.4 is 19.4 Å². The van der Waals surface area contributed by atoms with Crippen LogP contribution in [-0.4, -0.2) is 61.8 Å². The summed E-state index contributed by atoms with van der Waals surface area (Å²) in [5.41, 5.74) is 12.0. The summed E-state index contributed by atoms with van der Waals surface area (Å²) in [5, 5.41) is 19.4. The van der Waals surface area contributed by atoms with E-state index in [-0.39, 0.29) is 38.6 Å². The standard InChI is InChI=1S/C36H38ClF3N4O2.C35H37ClF3N3O3/c1-22(2)27-6-5-7-28(17-27)33-29(13-24(4)15-32(33)37)21-44(20-25-12-23(3)14-30(16-25)36(38,39)40)35-41-18-31(19-42-35)43-10-8-26(9-11-43)34(45)46;1-21(2)26-9-8-24(5)30(16-26)33-27(12-23(4)14-31(33)36)20-42(19-25-11-22(3)13-28(15-25)35(37,38)39)34-40-17-29(18-41-34)45-10-6-7-32(43)44/h5-7,12-19,22,26H,8-11,20-21H2,1-4H3,(H,45,46);8-9,11-18,21H,6-7,10,19-20H2,1-5H3,(H,43,44). The smallest absolute Gasteiger partial charge is 0.416 e. The van der Waals surface area contributed by atoms with Crippen LogP contribution in [0, 0.1) is 40.5 Å². The van der Waals surface area contributed by atoms with Gasteiger partial charge >= 0.3 is 24.3 Å². The zero-order chi connectivity index (χ0) is 66.1. The summed E-state index contributed by atoms with van der Waals surface area (Å²) in [6, 6.07) is 30.6. The topological polar surface area (TPSA) is 145 Å². The summed E-state index contributed by atoms with van der Waals surface area (Å²) in [4.78, 5) is 46.3. The Labute approximate surface area is 537 Å². The Balaban J connectivity index is 0.000000235. The first-order valence-corrected chi connectivity index (χ1v) is 30.9. The third kappa shape index (κ3) is 18.5. The zero-order valence-corrected chi connectivity index (χ0v) is 53.9. The molecule has 0 saturated carbocycles. The second kappa shape index (κ2) is 29.8. The molecule has 0 bridgehead atoms. The quantitative estimate of drug-likeness (QED) is 0.0522. The highest BCUT2D eigenvalue weighted by Crippen LogP contribution is 2.40. The number of anilines is 3. The molecule has 0 atom stereocenters. The van der Waals surface area contributed by atoms with Gasteiger partial charge < -0.3 is 29.6 Å². The second-order valence-electron chi connectivity index (χ2n) is 24.1. The third-order valence-electron chi connectivity index (χ3n) is 15.9. The molecule has 0 radical (unpaired) electrons. The molecule has 2 N–H and O–H groups in total. The SMILES string of the molecule is Cc1cc(CN(Cc2cc(C)cc(Cl)c2-c2cc(C(C)C)ccc2C)c2ncc(OCCCC(=O)O)cn2)cc(C(F)(F)F)c1.Cc1cc(CN(Cc2cc(C)cc(Cl)c2-c2cccc(C(C)C)c2)c2ncc(N3CCC(C(=O)O)CC3)cn2)cc(C(F)(F)F)c1. The van der Waals surface area contributed by atoms with E-state index < -0.39 is 35.4 Å². The van der Waals surface area contributed by atoms with Gasteiger partial charge in [0.15, 0.2) is 5.75 Å². The largest absolute Gasteiger partial charge is 0.490 e. The molecule has 1 saturated heterocycles. The molecule has 0 unspecified atom stereocenters. The van der Waals surface area contributed by atoms with Crippen molar-refractivity contribution in [2.75, 3.05) is 34.4 Å². The molecular weight excluding hydrogens is 1220 g/mol. The summed E-state index contributed by atoms with van der Waals surface area (Å²) in [6.07, 6.45) is -1.24. The number of rotatable bonds is 21. The normalized spacial score (nSPS) is 12.9. The fourth-order valence-electron chi connectivity index (χ4n) is 11.3. The maximum Gasteiger partial charge on any atom is 0.416 e. The number of halogens is 8. The first-order chi connectivity index (χ1) is 43.0. The van der Waals surface area contributed by atoms with Crippen LogP contribution in [0.4, 0.5) is 43.9 Å². The number of piperidine rings is 1. The van der Waals surface area contributed by atoms with E-state index in [0.29, 0.717) is 101 Å². The van der Waals surface area contributed by atoms with Gasteiger partial charge in [-0.05, 0) is 163 Å². The number of carbonyl (C=O) groups is 2. The number of hydrogen-bond donors (Lipinski definition) is 2. The molecule has 1 aliphatic heterocycles. The number of carboxylic acids is 2. The van der Waals surface area contributed by atoms with Gasteiger partial charge in [-0.1, -0.05) is 129 Å². The lowest BCUT2D eigenvalue weighted by Gasteiger charge is -2.32. The van der Waals surface area contributed by atoms with Gasteiger partial charge in [-0.2, -0.15) is 26.3 Å². The van der Waals surface area contributed by atoms with E-state index in [1.54, 1.807) is 38.4 Å². The molecule has 0 amide bonds. The lowest BCUT2D eigenvalue weighted by atomic mass is 9.90. The maximum atomic E-state index is 13.8. The summed E-state index contributed by atoms with van der Waals surface area (Å²) in [5.74, 6) is -0.423. The lowest BCUT2D eigenvalue weighted by molar-refractivity contribution is -0.142. The van der Waals surface area contributed by atoms with E-state index >= 15 is 0 Å². The van der Waals surface area contributed by atoms with E-state index in [1.165, 1.54) is 24.0 Å². The minimum absolute atomic E-state index is 0.0237. The number of hydrogen-bond acceptors (Lipinski definition) is 10. The monoisotopic (exact) mass is 1290 g/mol. The van der Waals surface area contributed by atoms with Gasteiger partial charge in [0, 0.05) is 66.9 Å². The molecule has 3 heterocycles. The van der Waals surface area contributed by atoms with Crippen LogP contribution in [0.2, 0.25) is 10.0 Å². The van der Waals surface area contributed by atoms with Crippen molar-refractivity contribution in [3.05, 3.63) is 210 Å². The Morgan fingerprint density at radius 1 is 0.604 bits per heavy atom. The minimum Gasteiger partial charge on any atom is -0.490 e. The number of aryl methyl sites for hydroxylation is 5. The van der Waals surface area contributed by atoms with E-state index in [1.807, 2.05) is 60.9 Å². The number of carboxylic acid groups (broad SMARTS) is 2. The Hall–Kier alpha value is -8.22. The number of alkyl halides is 6. The predicted molar refractivity (Wildman–Crippen MR) is 347 cm³/mol. The number of aromatic nitrogens is 4. The molecule has 1 fully saturated rings. The number of ether oxygens (including phenoxy) is 1. The van der Waals surface area contributed by atoms with E-state index in [2.05, 4.69) is 88.9 Å². The molecule has 0 aliphatic carbocycles. The second-order valence-corrected chi connectivity index (χ2v) is 24.9. The molecule has 0 spiro atoms. The van der Waals surface area contributed by atoms with Crippen molar-refractivity contribution >= 4 is 52.7 Å². The fraction of sp³-hybridized carbons (Fsp3) is 0.352. The Morgan fingerprint density at radius 2 is 1.09 bits per heavy atom. The first-order valence-electron chi connectivity index (χ1n) is 30.1. The molecule has 8 aromatic rings. The van der Waals surface area contributed by atoms with Crippen molar-refractivity contribution in [3.8, 4) is 28.0 Å². The zero-order valence-electron chi connectivity index (χ0n) is 52.4. The van der Waals surface area contributed by atoms with Crippen LogP contribution in [-0.2, 0) is 48.1 Å². The Bertz CT molecular complexity index is 3860. The fourth-order valence-corrected chi connectivity index (χ4v) is 12.1. The van der Waals surface area contributed by atoms with Gasteiger partial charge in [-0.25, -0.2) is 19.9 Å². The van der Waals surface area contributed by atoms with Crippen LogP contribution in [0.5, 0.6) is 5.75 Å². The molecule has 12 nitrogen and oxygen atoms in total. The highest BCUT2D eigenvalue weighted by Gasteiger charge is 2.33. The van der Waals surface area contributed by atoms with Gasteiger partial charge in [-0.15, -0.1) is 0 Å². The van der Waals surface area contributed by atoms with Gasteiger partial charge in [-0.3, -0.25) is 9.59 Å². The van der Waals surface area contributed by atoms with Crippen LogP contribution in [0.25, 0.3) is 22.3 Å². The molecule has 480 valence electrons. The highest BCUT2D eigenvalue weighted by atomic mass is 35.5. The van der Waals surface area contributed by atoms with Crippen molar-refractivity contribution < 1.29 is 50.9 Å². The average Bonchev–Trinajstić information content (AvgIpc) is 0.826. The van der Waals surface area contributed by atoms with E-state index in [9.17, 15) is 41.0 Å². The molecule has 9 rings (SSSR count). The molecule has 2 aromatic heterocycles. The van der Waals surface area contributed by atoms with E-state index in [4.69, 9.17) is 33.0 Å². The lowest BCUT2D eigenvalue weighted by Crippen LogP contribution is -2.36. The van der Waals surface area contributed by atoms with Crippen LogP contribution >= 0.6 is 23.2 Å². The first kappa shape index (κ1) is 68.7. The Morgan fingerprint density at radius 3 is 1.58 bits per heavy atom. The van der Waals surface area contributed by atoms with Crippen LogP contribution in [0.3, 0.4) is 0 Å². The van der Waals surface area contributed by atoms with Crippen LogP contribution in [0.1, 0.15) is 138 Å². The van der Waals surface area contributed by atoms with Gasteiger partial charge in [0.25, 0.3) is 0 Å². The highest BCUT2D eigenvalue weighted by molar-refractivity contribution is 6.34. The van der Waals surface area contributed by atoms with Crippen molar-refractivity contribution in [2.24, 2.45) is 5.92 Å². The van der Waals surface area contributed by atoms with Crippen molar-refractivity contribution in [2.45, 2.75) is 138 Å². The van der Waals surface area contributed by atoms with Crippen molar-refractivity contribution in [1.82, 2.24) is 19.9 Å². The van der Waals surface area contributed by atoms with Crippen molar-refractivity contribution in [3.63, 3.8) is 0 Å². The number of aliphatic carboxylic acids is 2. The molecule has 91 heavy (non-hydrogen) atoms. The van der Waals surface area contributed by atoms with E-state index in [0.717, 1.165) is 79.5 Å². The molecular formula is C71H75Cl2F6N7O5. The average molecular weight is 1290 g/mol. The van der Waals surface area contributed by atoms with Gasteiger partial charge in [0.2, 0.25) is 11.9 Å².